The first-order valence-electron chi connectivity index (χ1n) is 5.74. The summed E-state index contributed by atoms with van der Waals surface area (Å²) >= 11 is 6.21. The van der Waals surface area contributed by atoms with Crippen LogP contribution < -0.4 is 10.6 Å². The van der Waals surface area contributed by atoms with Crippen molar-refractivity contribution in [2.24, 2.45) is 5.73 Å². The molecule has 3 nitrogen and oxygen atoms in total. The Balaban J connectivity index is 2.89. The van der Waals surface area contributed by atoms with E-state index in [-0.39, 0.29) is 6.04 Å². The summed E-state index contributed by atoms with van der Waals surface area (Å²) in [5.41, 5.74) is 7.88. The van der Waals surface area contributed by atoms with Crippen LogP contribution in [0.15, 0.2) is 18.2 Å². The summed E-state index contributed by atoms with van der Waals surface area (Å²) in [4.78, 5) is 2.14. The molecule has 0 aliphatic heterocycles. The van der Waals surface area contributed by atoms with E-state index in [0.717, 1.165) is 11.3 Å². The van der Waals surface area contributed by atoms with Crippen LogP contribution in [0.3, 0.4) is 0 Å². The molecular weight excluding hydrogens is 236 g/mol. The van der Waals surface area contributed by atoms with Gasteiger partial charge in [-0.3, -0.25) is 0 Å². The van der Waals surface area contributed by atoms with E-state index in [2.05, 4.69) is 11.8 Å². The van der Waals surface area contributed by atoms with E-state index in [1.54, 1.807) is 7.11 Å². The second kappa shape index (κ2) is 6.24. The predicted octanol–water partition coefficient (Wildman–Crippen LogP) is 2.83. The summed E-state index contributed by atoms with van der Waals surface area (Å²) < 4.78 is 5.14. The number of halogens is 1. The summed E-state index contributed by atoms with van der Waals surface area (Å²) in [6, 6.07) is 6.23. The van der Waals surface area contributed by atoms with Crippen LogP contribution in [0, 0.1) is 0 Å². The summed E-state index contributed by atoms with van der Waals surface area (Å²) in [6.07, 6.45) is 0. The van der Waals surface area contributed by atoms with Crippen LogP contribution in [-0.4, -0.2) is 26.8 Å². The van der Waals surface area contributed by atoms with Crippen molar-refractivity contribution < 1.29 is 4.74 Å². The van der Waals surface area contributed by atoms with E-state index in [1.165, 1.54) is 0 Å². The third-order valence-corrected chi connectivity index (χ3v) is 3.28. The van der Waals surface area contributed by atoms with Gasteiger partial charge in [-0.15, -0.1) is 0 Å². The fraction of sp³-hybridized carbons (Fsp3) is 0.538. The van der Waals surface area contributed by atoms with Gasteiger partial charge in [0.15, 0.2) is 0 Å². The van der Waals surface area contributed by atoms with Crippen LogP contribution >= 0.6 is 11.6 Å². The predicted molar refractivity (Wildman–Crippen MR) is 73.8 cm³/mol. The van der Waals surface area contributed by atoms with Crippen molar-refractivity contribution in [3.8, 4) is 0 Å². The average Bonchev–Trinajstić information content (AvgIpc) is 2.27. The number of hydrogen-bond donors (Lipinski definition) is 1. The van der Waals surface area contributed by atoms with Gasteiger partial charge in [0.05, 0.1) is 6.61 Å². The number of rotatable bonds is 5. The maximum absolute atomic E-state index is 6.21. The smallest absolute Gasteiger partial charge is 0.0663 e. The number of ether oxygens (including phenoxy) is 1. The lowest BCUT2D eigenvalue weighted by Crippen LogP contribution is -2.32. The zero-order valence-corrected chi connectivity index (χ0v) is 11.7. The van der Waals surface area contributed by atoms with Gasteiger partial charge in [0.25, 0.3) is 0 Å². The van der Waals surface area contributed by atoms with E-state index in [9.17, 15) is 0 Å². The first-order chi connectivity index (χ1) is 7.97. The number of anilines is 1. The molecule has 0 saturated heterocycles. The highest BCUT2D eigenvalue weighted by Crippen LogP contribution is 2.27. The lowest BCUT2D eigenvalue weighted by Gasteiger charge is -2.27. The van der Waals surface area contributed by atoms with Crippen molar-refractivity contribution in [3.05, 3.63) is 28.8 Å². The van der Waals surface area contributed by atoms with Crippen molar-refractivity contribution in [2.45, 2.75) is 25.9 Å². The third-order valence-electron chi connectivity index (χ3n) is 2.95. The van der Waals surface area contributed by atoms with E-state index >= 15 is 0 Å². The Morgan fingerprint density at radius 3 is 2.53 bits per heavy atom. The molecule has 0 spiro atoms. The SMILES string of the molecule is COCC(C)N(C)c1ccc(C(C)N)c(Cl)c1. The maximum Gasteiger partial charge on any atom is 0.0663 e. The van der Waals surface area contributed by atoms with Crippen LogP contribution in [0.25, 0.3) is 0 Å². The van der Waals surface area contributed by atoms with Crippen molar-refractivity contribution in [3.63, 3.8) is 0 Å². The summed E-state index contributed by atoms with van der Waals surface area (Å²) in [7, 11) is 3.73. The number of nitrogens with two attached hydrogens (primary N) is 1. The molecule has 2 atom stereocenters. The molecule has 0 aliphatic rings. The first-order valence-corrected chi connectivity index (χ1v) is 6.12. The molecule has 0 fully saturated rings. The number of nitrogens with zero attached hydrogens (tertiary/aromatic N) is 1. The molecule has 0 heterocycles. The van der Waals surface area contributed by atoms with Crippen molar-refractivity contribution in [1.82, 2.24) is 0 Å². The molecule has 0 bridgehead atoms. The van der Waals surface area contributed by atoms with Gasteiger partial charge in [0.1, 0.15) is 0 Å². The maximum atomic E-state index is 6.21. The Hall–Kier alpha value is -0.770. The van der Waals surface area contributed by atoms with E-state index in [1.807, 2.05) is 32.2 Å². The van der Waals surface area contributed by atoms with E-state index < -0.39 is 0 Å². The molecule has 4 heteroatoms. The fourth-order valence-electron chi connectivity index (χ4n) is 1.71. The van der Waals surface area contributed by atoms with E-state index in [0.29, 0.717) is 17.7 Å². The number of methoxy groups -OCH3 is 1. The van der Waals surface area contributed by atoms with Crippen LogP contribution in [0.4, 0.5) is 5.69 Å². The minimum Gasteiger partial charge on any atom is -0.383 e. The molecule has 96 valence electrons. The standard InChI is InChI=1S/C13H21ClN2O/c1-9(8-17-4)16(3)11-5-6-12(10(2)15)13(14)7-11/h5-7,9-10H,8,15H2,1-4H3. The molecular formula is C13H21ClN2O. The molecule has 0 saturated carbocycles. The number of benzene rings is 1. The summed E-state index contributed by atoms with van der Waals surface area (Å²) in [6.45, 7) is 4.72. The minimum atomic E-state index is -0.0433. The molecule has 1 aromatic rings. The second-order valence-corrected chi connectivity index (χ2v) is 4.82. The van der Waals surface area contributed by atoms with Gasteiger partial charge in [-0.05, 0) is 31.5 Å². The van der Waals surface area contributed by atoms with Crippen LogP contribution in [-0.2, 0) is 4.74 Å². The monoisotopic (exact) mass is 256 g/mol. The average molecular weight is 257 g/mol. The van der Waals surface area contributed by atoms with Gasteiger partial charge in [-0.1, -0.05) is 17.7 Å². The molecule has 0 radical (unpaired) electrons. The molecule has 17 heavy (non-hydrogen) atoms. The van der Waals surface area contributed by atoms with Crippen LogP contribution in [0.5, 0.6) is 0 Å². The highest BCUT2D eigenvalue weighted by Gasteiger charge is 2.12. The lowest BCUT2D eigenvalue weighted by molar-refractivity contribution is 0.183. The lowest BCUT2D eigenvalue weighted by atomic mass is 10.1. The Morgan fingerprint density at radius 1 is 1.41 bits per heavy atom. The van der Waals surface area contributed by atoms with Gasteiger partial charge < -0.3 is 15.4 Å². The van der Waals surface area contributed by atoms with Crippen molar-refractivity contribution in [1.29, 1.82) is 0 Å². The normalized spacial score (nSPS) is 14.5. The Kier molecular flexibility index (Phi) is 5.25. The third kappa shape index (κ3) is 3.60. The quantitative estimate of drug-likeness (QED) is 0.881. The zero-order chi connectivity index (χ0) is 13.0. The summed E-state index contributed by atoms with van der Waals surface area (Å²) in [5, 5.41) is 0.717. The van der Waals surface area contributed by atoms with Crippen LogP contribution in [0.1, 0.15) is 25.5 Å². The van der Waals surface area contributed by atoms with Crippen LogP contribution in [0.2, 0.25) is 5.02 Å². The molecule has 0 aliphatic carbocycles. The highest BCUT2D eigenvalue weighted by atomic mass is 35.5. The molecule has 0 amide bonds. The number of likely N-dealkylation sites (N-methyl/N-ethyl adjacent to an activating group) is 1. The highest BCUT2D eigenvalue weighted by molar-refractivity contribution is 6.31. The fourth-order valence-corrected chi connectivity index (χ4v) is 2.06. The molecule has 1 rings (SSSR count). The van der Waals surface area contributed by atoms with Gasteiger partial charge in [0, 0.05) is 37.0 Å². The van der Waals surface area contributed by atoms with Gasteiger partial charge in [-0.25, -0.2) is 0 Å². The van der Waals surface area contributed by atoms with Crippen molar-refractivity contribution in [2.75, 3.05) is 25.7 Å². The zero-order valence-electron chi connectivity index (χ0n) is 10.9. The van der Waals surface area contributed by atoms with E-state index in [4.69, 9.17) is 22.1 Å². The Labute approximate surface area is 109 Å². The Bertz CT molecular complexity index is 368. The topological polar surface area (TPSA) is 38.5 Å². The molecule has 2 unspecified atom stereocenters. The number of hydrogen-bond acceptors (Lipinski definition) is 3. The van der Waals surface area contributed by atoms with Gasteiger partial charge in [-0.2, -0.15) is 0 Å². The van der Waals surface area contributed by atoms with Crippen molar-refractivity contribution >= 4 is 17.3 Å². The molecule has 0 aromatic heterocycles. The molecule has 1 aromatic carbocycles. The largest absolute Gasteiger partial charge is 0.383 e. The summed E-state index contributed by atoms with van der Waals surface area (Å²) in [5.74, 6) is 0. The van der Waals surface area contributed by atoms with Gasteiger partial charge >= 0.3 is 0 Å². The molecule has 2 N–H and O–H groups in total. The minimum absolute atomic E-state index is 0.0433. The first kappa shape index (κ1) is 14.3. The second-order valence-electron chi connectivity index (χ2n) is 4.41. The van der Waals surface area contributed by atoms with Gasteiger partial charge in [0.2, 0.25) is 0 Å². The Morgan fingerprint density at radius 2 is 2.06 bits per heavy atom.